The summed E-state index contributed by atoms with van der Waals surface area (Å²) in [6.07, 6.45) is 9.06. The summed E-state index contributed by atoms with van der Waals surface area (Å²) in [5.74, 6) is -0.257. The number of rotatable bonds is 5. The molecule has 3 rings (SSSR count). The second-order valence-corrected chi connectivity index (χ2v) is 6.70. The Morgan fingerprint density at radius 3 is 2.65 bits per heavy atom. The molecule has 0 saturated heterocycles. The lowest BCUT2D eigenvalue weighted by Crippen LogP contribution is -2.07. The summed E-state index contributed by atoms with van der Waals surface area (Å²) in [6, 6.07) is 9.87. The standard InChI is InChI=1S/C21H20ClN3O/c1-4-20(26)24-18-11-19-16(8-5-15-6-9-17(22)10-7-15)13-25(14(2)3)21(19)23-12-18/h4-14H,1H2,2-3H3,(H,24,26). The van der Waals surface area contributed by atoms with Gasteiger partial charge in [0.25, 0.3) is 0 Å². The van der Waals surface area contributed by atoms with Gasteiger partial charge in [-0.15, -0.1) is 0 Å². The average molecular weight is 366 g/mol. The molecule has 1 N–H and O–H groups in total. The number of benzene rings is 1. The van der Waals surface area contributed by atoms with Crippen LogP contribution in [0.15, 0.2) is 55.4 Å². The third kappa shape index (κ3) is 3.86. The number of amides is 1. The van der Waals surface area contributed by atoms with Crippen LogP contribution in [0.1, 0.15) is 31.0 Å². The second kappa shape index (κ2) is 7.58. The molecule has 1 aromatic carbocycles. The predicted octanol–water partition coefficient (Wildman–Crippen LogP) is 5.57. The van der Waals surface area contributed by atoms with E-state index < -0.39 is 0 Å². The molecule has 5 heteroatoms. The molecular formula is C21H20ClN3O. The first-order chi connectivity index (χ1) is 12.5. The Bertz CT molecular complexity index is 984. The third-order valence-electron chi connectivity index (χ3n) is 4.04. The number of hydrogen-bond acceptors (Lipinski definition) is 2. The number of anilines is 1. The molecule has 0 unspecified atom stereocenters. The van der Waals surface area contributed by atoms with E-state index in [4.69, 9.17) is 11.6 Å². The van der Waals surface area contributed by atoms with Crippen molar-refractivity contribution in [2.24, 2.45) is 0 Å². The SMILES string of the molecule is C=CC(=O)Nc1cnc2c(c1)c(C=Cc1ccc(Cl)cc1)cn2C(C)C. The minimum absolute atomic E-state index is 0.257. The highest BCUT2D eigenvalue weighted by Gasteiger charge is 2.11. The molecule has 0 fully saturated rings. The van der Waals surface area contributed by atoms with Crippen LogP contribution in [-0.2, 0) is 4.79 Å². The molecule has 2 aromatic heterocycles. The largest absolute Gasteiger partial charge is 0.329 e. The fraction of sp³-hybridized carbons (Fsp3) is 0.143. The lowest BCUT2D eigenvalue weighted by Gasteiger charge is -2.08. The molecule has 0 atom stereocenters. The second-order valence-electron chi connectivity index (χ2n) is 6.26. The monoisotopic (exact) mass is 365 g/mol. The zero-order valence-electron chi connectivity index (χ0n) is 14.7. The van der Waals surface area contributed by atoms with E-state index in [9.17, 15) is 4.79 Å². The van der Waals surface area contributed by atoms with E-state index in [0.29, 0.717) is 10.7 Å². The first-order valence-electron chi connectivity index (χ1n) is 8.35. The van der Waals surface area contributed by atoms with Crippen molar-refractivity contribution in [3.05, 3.63) is 71.5 Å². The van der Waals surface area contributed by atoms with Crippen LogP contribution < -0.4 is 5.32 Å². The Balaban J connectivity index is 2.04. The molecule has 4 nitrogen and oxygen atoms in total. The lowest BCUT2D eigenvalue weighted by atomic mass is 10.1. The summed E-state index contributed by atoms with van der Waals surface area (Å²) in [5, 5.41) is 4.45. The van der Waals surface area contributed by atoms with Crippen LogP contribution in [0.2, 0.25) is 5.02 Å². The van der Waals surface area contributed by atoms with Gasteiger partial charge < -0.3 is 9.88 Å². The molecular weight excluding hydrogens is 346 g/mol. The quantitative estimate of drug-likeness (QED) is 0.601. The van der Waals surface area contributed by atoms with E-state index in [0.717, 1.165) is 22.2 Å². The van der Waals surface area contributed by atoms with Gasteiger partial charge in [0.1, 0.15) is 5.65 Å². The topological polar surface area (TPSA) is 46.9 Å². The molecule has 26 heavy (non-hydrogen) atoms. The maximum Gasteiger partial charge on any atom is 0.247 e. The van der Waals surface area contributed by atoms with Crippen LogP contribution in [-0.4, -0.2) is 15.5 Å². The molecule has 0 bridgehead atoms. The molecule has 0 saturated carbocycles. The number of aromatic nitrogens is 2. The van der Waals surface area contributed by atoms with Crippen LogP contribution in [0.4, 0.5) is 5.69 Å². The van der Waals surface area contributed by atoms with Crippen LogP contribution >= 0.6 is 11.6 Å². The fourth-order valence-corrected chi connectivity index (χ4v) is 2.83. The van der Waals surface area contributed by atoms with Crippen molar-refractivity contribution in [1.29, 1.82) is 0 Å². The van der Waals surface area contributed by atoms with Crippen molar-refractivity contribution in [3.63, 3.8) is 0 Å². The summed E-state index contributed by atoms with van der Waals surface area (Å²) in [4.78, 5) is 16.1. The third-order valence-corrected chi connectivity index (χ3v) is 4.29. The maximum absolute atomic E-state index is 11.6. The van der Waals surface area contributed by atoms with E-state index in [1.165, 1.54) is 6.08 Å². The van der Waals surface area contributed by atoms with Gasteiger partial charge in [0, 0.05) is 28.2 Å². The number of pyridine rings is 1. The smallest absolute Gasteiger partial charge is 0.247 e. The van der Waals surface area contributed by atoms with Gasteiger partial charge in [0.05, 0.1) is 11.9 Å². The first kappa shape index (κ1) is 18.0. The number of hydrogen-bond donors (Lipinski definition) is 1. The van der Waals surface area contributed by atoms with Crippen molar-refractivity contribution >= 4 is 46.4 Å². The van der Waals surface area contributed by atoms with Crippen LogP contribution in [0.25, 0.3) is 23.2 Å². The highest BCUT2D eigenvalue weighted by atomic mass is 35.5. The Morgan fingerprint density at radius 1 is 1.27 bits per heavy atom. The summed E-state index contributed by atoms with van der Waals surface area (Å²) >= 11 is 5.94. The average Bonchev–Trinajstić information content (AvgIpc) is 2.99. The summed E-state index contributed by atoms with van der Waals surface area (Å²) in [6.45, 7) is 7.70. The summed E-state index contributed by atoms with van der Waals surface area (Å²) in [5.41, 5.74) is 3.62. The van der Waals surface area contributed by atoms with Gasteiger partial charge in [-0.25, -0.2) is 4.98 Å². The van der Waals surface area contributed by atoms with Gasteiger partial charge >= 0.3 is 0 Å². The minimum Gasteiger partial charge on any atom is -0.329 e. The van der Waals surface area contributed by atoms with Gasteiger partial charge in [0.2, 0.25) is 5.91 Å². The predicted molar refractivity (Wildman–Crippen MR) is 109 cm³/mol. The normalized spacial score (nSPS) is 11.4. The van der Waals surface area contributed by atoms with Crippen molar-refractivity contribution in [2.45, 2.75) is 19.9 Å². The van der Waals surface area contributed by atoms with Gasteiger partial charge in [-0.2, -0.15) is 0 Å². The summed E-state index contributed by atoms with van der Waals surface area (Å²) in [7, 11) is 0. The number of nitrogens with one attached hydrogen (secondary N) is 1. The minimum atomic E-state index is -0.257. The Kier molecular flexibility index (Phi) is 5.24. The van der Waals surface area contributed by atoms with Crippen LogP contribution in [0.5, 0.6) is 0 Å². The molecule has 1 amide bonds. The van der Waals surface area contributed by atoms with Gasteiger partial charge in [0.15, 0.2) is 0 Å². The van der Waals surface area contributed by atoms with Gasteiger partial charge in [-0.05, 0) is 43.7 Å². The first-order valence-corrected chi connectivity index (χ1v) is 8.73. The Labute approximate surface area is 157 Å². The zero-order valence-corrected chi connectivity index (χ0v) is 15.5. The maximum atomic E-state index is 11.6. The molecule has 0 spiro atoms. The highest BCUT2D eigenvalue weighted by molar-refractivity contribution is 6.30. The van der Waals surface area contributed by atoms with E-state index >= 15 is 0 Å². The van der Waals surface area contributed by atoms with Crippen molar-refractivity contribution < 1.29 is 4.79 Å². The number of fused-ring (bicyclic) bond motifs is 1. The lowest BCUT2D eigenvalue weighted by molar-refractivity contribution is -0.111. The van der Waals surface area contributed by atoms with E-state index in [2.05, 4.69) is 41.5 Å². The van der Waals surface area contributed by atoms with Crippen LogP contribution in [0, 0.1) is 0 Å². The van der Waals surface area contributed by atoms with Crippen molar-refractivity contribution in [2.75, 3.05) is 5.32 Å². The van der Waals surface area contributed by atoms with Crippen molar-refractivity contribution in [3.8, 4) is 0 Å². The number of carbonyl (C=O) groups excluding carboxylic acids is 1. The molecule has 2 heterocycles. The van der Waals surface area contributed by atoms with Crippen molar-refractivity contribution in [1.82, 2.24) is 9.55 Å². The molecule has 132 valence electrons. The molecule has 0 aliphatic heterocycles. The zero-order chi connectivity index (χ0) is 18.7. The Hall–Kier alpha value is -2.85. The van der Waals surface area contributed by atoms with Gasteiger partial charge in [-0.1, -0.05) is 42.5 Å². The van der Waals surface area contributed by atoms with E-state index in [1.807, 2.05) is 42.5 Å². The fourth-order valence-electron chi connectivity index (χ4n) is 2.70. The Morgan fingerprint density at radius 2 is 2.00 bits per heavy atom. The van der Waals surface area contributed by atoms with Gasteiger partial charge in [-0.3, -0.25) is 4.79 Å². The molecule has 0 aliphatic carbocycles. The molecule has 0 aliphatic rings. The molecule has 3 aromatic rings. The number of nitrogens with zero attached hydrogens (tertiary/aromatic N) is 2. The van der Waals surface area contributed by atoms with Crippen LogP contribution in [0.3, 0.4) is 0 Å². The molecule has 0 radical (unpaired) electrons. The summed E-state index contributed by atoms with van der Waals surface area (Å²) < 4.78 is 2.12. The van der Waals surface area contributed by atoms with E-state index in [-0.39, 0.29) is 11.9 Å². The highest BCUT2D eigenvalue weighted by Crippen LogP contribution is 2.27. The van der Waals surface area contributed by atoms with E-state index in [1.54, 1.807) is 6.20 Å². The number of halogens is 1. The number of carbonyl (C=O) groups is 1.